The summed E-state index contributed by atoms with van der Waals surface area (Å²) >= 11 is 0. The molecule has 0 N–H and O–H groups in total. The van der Waals surface area contributed by atoms with Gasteiger partial charge in [0.25, 0.3) is 0 Å². The lowest BCUT2D eigenvalue weighted by Crippen LogP contribution is -2.10. The second-order valence-electron chi connectivity index (χ2n) is 3.82. The van der Waals surface area contributed by atoms with Crippen LogP contribution < -0.4 is 0 Å². The summed E-state index contributed by atoms with van der Waals surface area (Å²) in [7, 11) is 0. The molecule has 1 unspecified atom stereocenters. The van der Waals surface area contributed by atoms with Crippen molar-refractivity contribution in [2.24, 2.45) is 10.9 Å². The third kappa shape index (κ3) is 1.90. The van der Waals surface area contributed by atoms with Crippen LogP contribution in [0.4, 0.5) is 0 Å². The minimum Gasteiger partial charge on any atom is -0.259 e. The number of nitrogens with zero attached hydrogens (tertiary/aromatic N) is 2. The zero-order valence-electron chi connectivity index (χ0n) is 8.57. The van der Waals surface area contributed by atoms with Crippen molar-refractivity contribution in [2.75, 3.05) is 0 Å². The fraction of sp³-hybridized carbons (Fsp3) is 0.333. The molecule has 0 radical (unpaired) electrons. The van der Waals surface area contributed by atoms with E-state index in [2.05, 4.69) is 36.0 Å². The molecule has 0 fully saturated rings. The molecule has 0 saturated heterocycles. The second kappa shape index (κ2) is 3.74. The Morgan fingerprint density at radius 3 is 3.00 bits per heavy atom. The minimum absolute atomic E-state index is 0.574. The van der Waals surface area contributed by atoms with Gasteiger partial charge in [-0.15, -0.1) is 0 Å². The van der Waals surface area contributed by atoms with Gasteiger partial charge in [-0.25, -0.2) is 0 Å². The van der Waals surface area contributed by atoms with Crippen LogP contribution in [0.1, 0.15) is 24.6 Å². The van der Waals surface area contributed by atoms with Crippen LogP contribution in [0.3, 0.4) is 0 Å². The quantitative estimate of drug-likeness (QED) is 0.662. The normalized spacial score (nSPS) is 20.7. The number of aryl methyl sites for hydroxylation is 1. The Balaban J connectivity index is 2.31. The van der Waals surface area contributed by atoms with Crippen LogP contribution in [-0.2, 0) is 0 Å². The third-order valence-corrected chi connectivity index (χ3v) is 2.37. The van der Waals surface area contributed by atoms with Crippen LogP contribution in [0.5, 0.6) is 0 Å². The molecule has 72 valence electrons. The molecule has 1 aromatic heterocycles. The molecule has 1 aliphatic rings. The van der Waals surface area contributed by atoms with Crippen molar-refractivity contribution in [1.82, 2.24) is 4.98 Å². The highest BCUT2D eigenvalue weighted by molar-refractivity contribution is 6.00. The first kappa shape index (κ1) is 9.13. The molecule has 1 aromatic rings. The van der Waals surface area contributed by atoms with Gasteiger partial charge in [0.1, 0.15) is 0 Å². The molecule has 0 aromatic carbocycles. The van der Waals surface area contributed by atoms with E-state index in [4.69, 9.17) is 0 Å². The highest BCUT2D eigenvalue weighted by Crippen LogP contribution is 2.15. The Hall–Kier alpha value is -1.44. The van der Waals surface area contributed by atoms with Gasteiger partial charge in [0, 0.05) is 12.4 Å². The summed E-state index contributed by atoms with van der Waals surface area (Å²) in [4.78, 5) is 8.70. The van der Waals surface area contributed by atoms with Crippen molar-refractivity contribution in [2.45, 2.75) is 20.3 Å². The van der Waals surface area contributed by atoms with Crippen molar-refractivity contribution in [1.29, 1.82) is 0 Å². The Morgan fingerprint density at radius 2 is 2.29 bits per heavy atom. The third-order valence-electron chi connectivity index (χ3n) is 2.37. The monoisotopic (exact) mass is 186 g/mol. The van der Waals surface area contributed by atoms with Gasteiger partial charge in [0.05, 0.1) is 11.4 Å². The van der Waals surface area contributed by atoms with E-state index in [9.17, 15) is 0 Å². The zero-order chi connectivity index (χ0) is 9.97. The first-order valence-corrected chi connectivity index (χ1v) is 4.92. The van der Waals surface area contributed by atoms with E-state index in [1.54, 1.807) is 0 Å². The number of aromatic nitrogens is 1. The molecule has 1 aliphatic heterocycles. The van der Waals surface area contributed by atoms with Crippen LogP contribution >= 0.6 is 0 Å². The molecule has 0 saturated carbocycles. The summed E-state index contributed by atoms with van der Waals surface area (Å²) in [6.07, 6.45) is 6.84. The zero-order valence-corrected chi connectivity index (χ0v) is 8.57. The summed E-state index contributed by atoms with van der Waals surface area (Å²) in [5, 5.41) is 0. The summed E-state index contributed by atoms with van der Waals surface area (Å²) in [6, 6.07) is 4.09. The number of hydrogen-bond donors (Lipinski definition) is 0. The first-order valence-electron chi connectivity index (χ1n) is 4.92. The van der Waals surface area contributed by atoms with E-state index < -0.39 is 0 Å². The smallest absolute Gasteiger partial charge is 0.0847 e. The van der Waals surface area contributed by atoms with Crippen molar-refractivity contribution in [3.05, 3.63) is 41.9 Å². The molecule has 0 spiro atoms. The summed E-state index contributed by atoms with van der Waals surface area (Å²) in [5.74, 6) is 0.574. The van der Waals surface area contributed by atoms with Crippen LogP contribution in [0.25, 0.3) is 0 Å². The van der Waals surface area contributed by atoms with E-state index in [0.717, 1.165) is 17.8 Å². The minimum atomic E-state index is 0.574. The van der Waals surface area contributed by atoms with Gasteiger partial charge in [-0.2, -0.15) is 0 Å². The summed E-state index contributed by atoms with van der Waals surface area (Å²) in [6.45, 7) is 4.27. The van der Waals surface area contributed by atoms with Crippen LogP contribution in [0.15, 0.2) is 35.6 Å². The topological polar surface area (TPSA) is 25.2 Å². The molecular formula is C12H14N2. The maximum absolute atomic E-state index is 4.36. The number of aliphatic imine (C=N–C) groups is 1. The van der Waals surface area contributed by atoms with Gasteiger partial charge in [0.15, 0.2) is 0 Å². The van der Waals surface area contributed by atoms with Gasteiger partial charge in [-0.05, 0) is 37.0 Å². The maximum Gasteiger partial charge on any atom is 0.0847 e. The largest absolute Gasteiger partial charge is 0.259 e. The Bertz CT molecular complexity index is 391. The van der Waals surface area contributed by atoms with E-state index in [-0.39, 0.29) is 0 Å². The van der Waals surface area contributed by atoms with Gasteiger partial charge < -0.3 is 0 Å². The van der Waals surface area contributed by atoms with Crippen molar-refractivity contribution < 1.29 is 0 Å². The lowest BCUT2D eigenvalue weighted by molar-refractivity contribution is 0.754. The second-order valence-corrected chi connectivity index (χ2v) is 3.82. The Labute approximate surface area is 84.4 Å². The lowest BCUT2D eigenvalue weighted by Gasteiger charge is -2.12. The van der Waals surface area contributed by atoms with Gasteiger partial charge in [-0.3, -0.25) is 9.98 Å². The van der Waals surface area contributed by atoms with Gasteiger partial charge in [0.2, 0.25) is 0 Å². The molecule has 2 rings (SSSR count). The summed E-state index contributed by atoms with van der Waals surface area (Å²) in [5.41, 5.74) is 3.35. The number of hydrogen-bond acceptors (Lipinski definition) is 2. The molecular weight excluding hydrogens is 172 g/mol. The van der Waals surface area contributed by atoms with Crippen molar-refractivity contribution in [3.63, 3.8) is 0 Å². The van der Waals surface area contributed by atoms with Gasteiger partial charge >= 0.3 is 0 Å². The maximum atomic E-state index is 4.36. The van der Waals surface area contributed by atoms with Crippen molar-refractivity contribution >= 4 is 5.71 Å². The van der Waals surface area contributed by atoms with E-state index in [1.165, 1.54) is 5.56 Å². The van der Waals surface area contributed by atoms with Crippen molar-refractivity contribution in [3.8, 4) is 0 Å². The van der Waals surface area contributed by atoms with E-state index >= 15 is 0 Å². The SMILES string of the molecule is Cc1ccnc(C2=NC=CC(C)C2)c1. The molecule has 2 heteroatoms. The number of allylic oxidation sites excluding steroid dienone is 1. The predicted molar refractivity (Wildman–Crippen MR) is 58.4 cm³/mol. The molecule has 2 heterocycles. The van der Waals surface area contributed by atoms with E-state index in [0.29, 0.717) is 5.92 Å². The van der Waals surface area contributed by atoms with Crippen LogP contribution in [-0.4, -0.2) is 10.7 Å². The molecule has 0 amide bonds. The Morgan fingerprint density at radius 1 is 1.43 bits per heavy atom. The molecule has 2 nitrogen and oxygen atoms in total. The van der Waals surface area contributed by atoms with Gasteiger partial charge in [-0.1, -0.05) is 13.0 Å². The lowest BCUT2D eigenvalue weighted by atomic mass is 9.99. The molecule has 1 atom stereocenters. The fourth-order valence-electron chi connectivity index (χ4n) is 1.57. The van der Waals surface area contributed by atoms with Crippen LogP contribution in [0.2, 0.25) is 0 Å². The average molecular weight is 186 g/mol. The fourth-order valence-corrected chi connectivity index (χ4v) is 1.57. The predicted octanol–water partition coefficient (Wildman–Crippen LogP) is 2.73. The molecule has 14 heavy (non-hydrogen) atoms. The number of rotatable bonds is 1. The standard InChI is InChI=1S/C12H14N2/c1-9-3-5-13-11(7-9)12-8-10(2)4-6-14-12/h3-7,10H,8H2,1-2H3. The average Bonchev–Trinajstić information content (AvgIpc) is 2.18. The van der Waals surface area contributed by atoms with E-state index in [1.807, 2.05) is 18.5 Å². The first-order chi connectivity index (χ1) is 6.75. The van der Waals surface area contributed by atoms with Crippen LogP contribution in [0, 0.1) is 12.8 Å². The molecule has 0 bridgehead atoms. The highest BCUT2D eigenvalue weighted by atomic mass is 14.8. The summed E-state index contributed by atoms with van der Waals surface area (Å²) < 4.78 is 0. The molecule has 0 aliphatic carbocycles. The number of pyridine rings is 1. The highest BCUT2D eigenvalue weighted by Gasteiger charge is 2.11. The Kier molecular flexibility index (Phi) is 2.44.